The summed E-state index contributed by atoms with van der Waals surface area (Å²) >= 11 is 0. The maximum atomic E-state index is 14.1. The molecule has 0 saturated heterocycles. The number of ether oxygens (including phenoxy) is 1. The normalized spacial score (nSPS) is 11.6. The van der Waals surface area contributed by atoms with Crippen molar-refractivity contribution in [2.75, 3.05) is 29.3 Å². The minimum absolute atomic E-state index is 0.101. The minimum atomic E-state index is -1.35. The van der Waals surface area contributed by atoms with Gasteiger partial charge in [0.2, 0.25) is 5.95 Å². The van der Waals surface area contributed by atoms with Gasteiger partial charge in [-0.2, -0.15) is 4.98 Å². The van der Waals surface area contributed by atoms with Crippen molar-refractivity contribution in [1.29, 1.82) is 0 Å². The molecule has 3 rings (SSSR count). The summed E-state index contributed by atoms with van der Waals surface area (Å²) in [5.74, 6) is -3.34. The third kappa shape index (κ3) is 5.48. The van der Waals surface area contributed by atoms with Gasteiger partial charge in [-0.3, -0.25) is 0 Å². The lowest BCUT2D eigenvalue weighted by Crippen LogP contribution is -2.32. The fourth-order valence-corrected chi connectivity index (χ4v) is 2.78. The molecule has 10 heteroatoms. The van der Waals surface area contributed by atoms with E-state index in [-0.39, 0.29) is 17.8 Å². The average molecular weight is 431 g/mol. The fraction of sp³-hybridized carbons (Fsp3) is 0.190. The number of methoxy groups -OCH3 is 1. The first-order chi connectivity index (χ1) is 14.9. The SMILES string of the molecule is COCC(C)Nc1nccc(N(C(=O)Nc2cc(F)c(F)cc2F)c2ccccc2)n1. The first-order valence-electron chi connectivity index (χ1n) is 9.28. The number of carbonyl (C=O) groups excluding carboxylic acids is 1. The second-order valence-electron chi connectivity index (χ2n) is 6.59. The van der Waals surface area contributed by atoms with Crippen LogP contribution in [0.5, 0.6) is 0 Å². The number of carbonyl (C=O) groups is 1. The lowest BCUT2D eigenvalue weighted by atomic mass is 10.2. The van der Waals surface area contributed by atoms with Crippen molar-refractivity contribution in [2.45, 2.75) is 13.0 Å². The molecule has 2 N–H and O–H groups in total. The zero-order valence-corrected chi connectivity index (χ0v) is 16.8. The molecular weight excluding hydrogens is 411 g/mol. The van der Waals surface area contributed by atoms with Gasteiger partial charge in [0, 0.05) is 37.5 Å². The quantitative estimate of drug-likeness (QED) is 0.530. The number of para-hydroxylation sites is 1. The molecule has 2 aromatic carbocycles. The van der Waals surface area contributed by atoms with Gasteiger partial charge in [0.25, 0.3) is 0 Å². The lowest BCUT2D eigenvalue weighted by molar-refractivity contribution is 0.190. The van der Waals surface area contributed by atoms with Crippen LogP contribution in [0.15, 0.2) is 54.7 Å². The molecule has 0 aliphatic carbocycles. The van der Waals surface area contributed by atoms with Gasteiger partial charge >= 0.3 is 6.03 Å². The van der Waals surface area contributed by atoms with Crippen molar-refractivity contribution in [3.63, 3.8) is 0 Å². The topological polar surface area (TPSA) is 79.4 Å². The standard InChI is InChI=1S/C21H20F3N5O2/c1-13(12-31-2)26-20-25-9-8-19(28-20)29(14-6-4-3-5-7-14)21(30)27-18-11-16(23)15(22)10-17(18)24/h3-11,13H,12H2,1-2H3,(H,27,30)(H,25,26,28). The van der Waals surface area contributed by atoms with E-state index in [1.54, 1.807) is 37.4 Å². The number of rotatable bonds is 7. The Morgan fingerprint density at radius 2 is 1.81 bits per heavy atom. The summed E-state index contributed by atoms with van der Waals surface area (Å²) in [5, 5.41) is 5.30. The van der Waals surface area contributed by atoms with Crippen LogP contribution in [-0.2, 0) is 4.74 Å². The molecule has 0 saturated carbocycles. The first-order valence-corrected chi connectivity index (χ1v) is 9.28. The van der Waals surface area contributed by atoms with Crippen LogP contribution in [-0.4, -0.2) is 35.8 Å². The maximum absolute atomic E-state index is 14.1. The Balaban J connectivity index is 1.95. The Morgan fingerprint density at radius 3 is 2.52 bits per heavy atom. The summed E-state index contributed by atoms with van der Waals surface area (Å²) in [6.07, 6.45) is 1.45. The van der Waals surface area contributed by atoms with Gasteiger partial charge in [0.05, 0.1) is 18.0 Å². The van der Waals surface area contributed by atoms with E-state index in [2.05, 4.69) is 20.6 Å². The van der Waals surface area contributed by atoms with E-state index < -0.39 is 29.2 Å². The van der Waals surface area contributed by atoms with Gasteiger partial charge in [-0.25, -0.2) is 27.8 Å². The van der Waals surface area contributed by atoms with Crippen molar-refractivity contribution >= 4 is 29.2 Å². The van der Waals surface area contributed by atoms with Gasteiger partial charge in [-0.05, 0) is 19.1 Å². The Hall–Kier alpha value is -3.66. The smallest absolute Gasteiger partial charge is 0.332 e. The van der Waals surface area contributed by atoms with E-state index in [4.69, 9.17) is 4.74 Å². The van der Waals surface area contributed by atoms with Crippen molar-refractivity contribution in [3.05, 3.63) is 72.2 Å². The zero-order chi connectivity index (χ0) is 22.4. The Labute approximate surface area is 176 Å². The molecule has 1 aromatic heterocycles. The molecule has 0 aliphatic rings. The van der Waals surface area contributed by atoms with E-state index in [0.29, 0.717) is 24.4 Å². The number of halogens is 3. The molecule has 7 nitrogen and oxygen atoms in total. The van der Waals surface area contributed by atoms with E-state index >= 15 is 0 Å². The van der Waals surface area contributed by atoms with Gasteiger partial charge in [-0.15, -0.1) is 0 Å². The van der Waals surface area contributed by atoms with E-state index in [1.807, 2.05) is 6.92 Å². The third-order valence-electron chi connectivity index (χ3n) is 4.13. The number of nitrogens with zero attached hydrogens (tertiary/aromatic N) is 3. The predicted octanol–water partition coefficient (Wildman–Crippen LogP) is 4.71. The Bertz CT molecular complexity index is 1050. The summed E-state index contributed by atoms with van der Waals surface area (Å²) < 4.78 is 45.9. The lowest BCUT2D eigenvalue weighted by Gasteiger charge is -2.23. The Kier molecular flexibility index (Phi) is 7.03. The number of benzene rings is 2. The van der Waals surface area contributed by atoms with Gasteiger partial charge in [-0.1, -0.05) is 18.2 Å². The summed E-state index contributed by atoms with van der Waals surface area (Å²) in [6, 6.07) is 9.94. The second kappa shape index (κ2) is 9.90. The third-order valence-corrected chi connectivity index (χ3v) is 4.13. The average Bonchev–Trinajstić information content (AvgIpc) is 2.73. The number of hydrogen-bond acceptors (Lipinski definition) is 5. The summed E-state index contributed by atoms with van der Waals surface area (Å²) in [6.45, 7) is 2.28. The van der Waals surface area contributed by atoms with Crippen LogP contribution in [0.2, 0.25) is 0 Å². The van der Waals surface area contributed by atoms with Crippen LogP contribution in [0, 0.1) is 17.5 Å². The van der Waals surface area contributed by atoms with Crippen LogP contribution in [0.1, 0.15) is 6.92 Å². The molecule has 0 spiro atoms. The summed E-state index contributed by atoms with van der Waals surface area (Å²) in [5.41, 5.74) is -0.0939. The summed E-state index contributed by atoms with van der Waals surface area (Å²) in [4.78, 5) is 22.7. The summed E-state index contributed by atoms with van der Waals surface area (Å²) in [7, 11) is 1.56. The monoisotopic (exact) mass is 431 g/mol. The van der Waals surface area contributed by atoms with Crippen LogP contribution >= 0.6 is 0 Å². The van der Waals surface area contributed by atoms with Crippen molar-refractivity contribution in [3.8, 4) is 0 Å². The molecule has 162 valence electrons. The molecule has 31 heavy (non-hydrogen) atoms. The molecule has 0 aliphatic heterocycles. The minimum Gasteiger partial charge on any atom is -0.383 e. The number of urea groups is 1. The molecule has 0 radical (unpaired) electrons. The molecule has 3 aromatic rings. The molecule has 0 fully saturated rings. The van der Waals surface area contributed by atoms with Gasteiger partial charge in [0.15, 0.2) is 11.6 Å². The number of nitrogens with one attached hydrogen (secondary N) is 2. The molecular formula is C21H20F3N5O2. The van der Waals surface area contributed by atoms with Gasteiger partial charge < -0.3 is 15.4 Å². The van der Waals surface area contributed by atoms with Crippen molar-refractivity contribution in [2.24, 2.45) is 0 Å². The van der Waals surface area contributed by atoms with Gasteiger partial charge in [0.1, 0.15) is 11.6 Å². The number of hydrogen-bond donors (Lipinski definition) is 2. The molecule has 0 bridgehead atoms. The highest BCUT2D eigenvalue weighted by molar-refractivity contribution is 6.06. The highest BCUT2D eigenvalue weighted by atomic mass is 19.2. The number of aromatic nitrogens is 2. The first kappa shape index (κ1) is 22.0. The Morgan fingerprint density at radius 1 is 1.10 bits per heavy atom. The highest BCUT2D eigenvalue weighted by Crippen LogP contribution is 2.26. The van der Waals surface area contributed by atoms with Crippen molar-refractivity contribution in [1.82, 2.24) is 9.97 Å². The van der Waals surface area contributed by atoms with E-state index in [1.165, 1.54) is 12.3 Å². The van der Waals surface area contributed by atoms with Crippen LogP contribution < -0.4 is 15.5 Å². The maximum Gasteiger partial charge on any atom is 0.332 e. The van der Waals surface area contributed by atoms with Crippen LogP contribution in [0.4, 0.5) is 41.1 Å². The van der Waals surface area contributed by atoms with Crippen LogP contribution in [0.3, 0.4) is 0 Å². The van der Waals surface area contributed by atoms with Crippen LogP contribution in [0.25, 0.3) is 0 Å². The molecule has 1 unspecified atom stereocenters. The fourth-order valence-electron chi connectivity index (χ4n) is 2.78. The predicted molar refractivity (Wildman–Crippen MR) is 111 cm³/mol. The number of amides is 2. The highest BCUT2D eigenvalue weighted by Gasteiger charge is 2.22. The molecule has 1 atom stereocenters. The molecule has 2 amide bonds. The van der Waals surface area contributed by atoms with E-state index in [0.717, 1.165) is 4.90 Å². The zero-order valence-electron chi connectivity index (χ0n) is 16.8. The van der Waals surface area contributed by atoms with E-state index in [9.17, 15) is 18.0 Å². The molecule has 1 heterocycles. The number of anilines is 4. The largest absolute Gasteiger partial charge is 0.383 e. The second-order valence-corrected chi connectivity index (χ2v) is 6.59. The van der Waals surface area contributed by atoms with Crippen molar-refractivity contribution < 1.29 is 22.7 Å².